The molecule has 3 aromatic carbocycles. The summed E-state index contributed by atoms with van der Waals surface area (Å²) in [7, 11) is 1.66. The molecule has 1 aromatic heterocycles. The summed E-state index contributed by atoms with van der Waals surface area (Å²) in [6.07, 6.45) is 0.434. The number of halogens is 1. The molecule has 2 atom stereocenters. The van der Waals surface area contributed by atoms with Gasteiger partial charge in [-0.15, -0.1) is 0 Å². The molecule has 1 unspecified atom stereocenters. The summed E-state index contributed by atoms with van der Waals surface area (Å²) in [4.78, 5) is 17.0. The predicted octanol–water partition coefficient (Wildman–Crippen LogP) is 7.35. The van der Waals surface area contributed by atoms with E-state index >= 15 is 0 Å². The van der Waals surface area contributed by atoms with Gasteiger partial charge < -0.3 is 14.8 Å². The Morgan fingerprint density at radius 1 is 0.947 bits per heavy atom. The summed E-state index contributed by atoms with van der Waals surface area (Å²) >= 11 is 0. The molecule has 0 spiro atoms. The molecule has 0 bridgehead atoms. The van der Waals surface area contributed by atoms with Gasteiger partial charge in [-0.25, -0.2) is 4.39 Å². The zero-order chi connectivity index (χ0) is 27.2. The number of aromatic nitrogens is 1. The van der Waals surface area contributed by atoms with Gasteiger partial charge in [-0.3, -0.25) is 9.78 Å². The topological polar surface area (TPSA) is 60.5 Å². The maximum atomic E-state index is 14.8. The van der Waals surface area contributed by atoms with Crippen LogP contribution in [0, 0.1) is 5.82 Å². The van der Waals surface area contributed by atoms with Crippen LogP contribution in [0.5, 0.6) is 5.75 Å². The van der Waals surface area contributed by atoms with E-state index in [1.165, 1.54) is 6.07 Å². The molecule has 0 aliphatic heterocycles. The number of rotatable bonds is 10. The van der Waals surface area contributed by atoms with Gasteiger partial charge in [-0.2, -0.15) is 0 Å². The number of hydrogen-bond donors (Lipinski definition) is 1. The second-order valence-corrected chi connectivity index (χ2v) is 9.89. The molecular formula is C32H35FN2O3. The molecule has 0 aliphatic rings. The molecule has 0 saturated heterocycles. The van der Waals surface area contributed by atoms with Crippen LogP contribution in [0.1, 0.15) is 63.0 Å². The van der Waals surface area contributed by atoms with E-state index in [4.69, 9.17) is 14.5 Å². The van der Waals surface area contributed by atoms with Gasteiger partial charge in [0.15, 0.2) is 0 Å². The molecule has 4 rings (SSSR count). The number of aryl methyl sites for hydroxylation is 1. The number of esters is 1. The molecular weight excluding hydrogens is 479 g/mol. The van der Waals surface area contributed by atoms with Crippen molar-refractivity contribution in [2.24, 2.45) is 0 Å². The first-order valence-corrected chi connectivity index (χ1v) is 13.0. The highest BCUT2D eigenvalue weighted by Gasteiger charge is 2.17. The summed E-state index contributed by atoms with van der Waals surface area (Å²) in [5, 5.41) is 4.58. The Morgan fingerprint density at radius 3 is 2.50 bits per heavy atom. The summed E-state index contributed by atoms with van der Waals surface area (Å²) < 4.78 is 25.4. The Hall–Kier alpha value is -3.77. The number of para-hydroxylation sites is 1. The van der Waals surface area contributed by atoms with E-state index in [9.17, 15) is 9.18 Å². The van der Waals surface area contributed by atoms with Crippen LogP contribution >= 0.6 is 0 Å². The van der Waals surface area contributed by atoms with E-state index in [0.29, 0.717) is 6.42 Å². The second kappa shape index (κ2) is 12.2. The molecule has 4 aromatic rings. The Labute approximate surface area is 224 Å². The number of nitrogens with zero attached hydrogens (tertiary/aromatic N) is 1. The van der Waals surface area contributed by atoms with Crippen molar-refractivity contribution < 1.29 is 18.7 Å². The van der Waals surface area contributed by atoms with E-state index < -0.39 is 0 Å². The van der Waals surface area contributed by atoms with Gasteiger partial charge in [-0.05, 0) is 92.8 Å². The monoisotopic (exact) mass is 514 g/mol. The molecule has 198 valence electrons. The highest BCUT2D eigenvalue weighted by Crippen LogP contribution is 2.32. The van der Waals surface area contributed by atoms with Crippen molar-refractivity contribution in [1.29, 1.82) is 0 Å². The molecule has 1 heterocycles. The third-order valence-corrected chi connectivity index (χ3v) is 6.53. The minimum atomic E-state index is -0.338. The Bertz CT molecular complexity index is 1420. The molecule has 5 nitrogen and oxygen atoms in total. The lowest BCUT2D eigenvalue weighted by atomic mass is 9.96. The first kappa shape index (κ1) is 27.3. The quantitative estimate of drug-likeness (QED) is 0.224. The predicted molar refractivity (Wildman–Crippen MR) is 150 cm³/mol. The number of benzene rings is 3. The van der Waals surface area contributed by atoms with Crippen molar-refractivity contribution in [2.75, 3.05) is 7.11 Å². The summed E-state index contributed by atoms with van der Waals surface area (Å²) in [5.41, 5.74) is 5.22. The fraction of sp³-hybridized carbons (Fsp3) is 0.312. The first-order valence-electron chi connectivity index (χ1n) is 13.0. The van der Waals surface area contributed by atoms with Crippen LogP contribution in [0.15, 0.2) is 72.8 Å². The number of hydrogen-bond acceptors (Lipinski definition) is 5. The van der Waals surface area contributed by atoms with Gasteiger partial charge in [-0.1, -0.05) is 36.4 Å². The second-order valence-electron chi connectivity index (χ2n) is 9.89. The fourth-order valence-corrected chi connectivity index (χ4v) is 4.64. The zero-order valence-electron chi connectivity index (χ0n) is 22.6. The van der Waals surface area contributed by atoms with Crippen molar-refractivity contribution in [3.8, 4) is 16.9 Å². The standard InChI is InChI=1S/C32H35FN2O3/c1-20(2)38-32(36)14-13-23-15-25(17-26(33)16-23)29-19-31(35-30-12-7-6-11-28(29)30)22(4)34-21(3)24-9-8-10-27(18-24)37-5/h6-12,15-22,34H,13-14H2,1-5H3/t21-,22?/m1/s1. The van der Waals surface area contributed by atoms with Gasteiger partial charge in [0.25, 0.3) is 0 Å². The molecule has 0 amide bonds. The maximum Gasteiger partial charge on any atom is 0.306 e. The normalized spacial score (nSPS) is 12.9. The van der Waals surface area contributed by atoms with E-state index in [0.717, 1.165) is 44.6 Å². The third kappa shape index (κ3) is 6.75. The molecule has 1 N–H and O–H groups in total. The molecule has 6 heteroatoms. The largest absolute Gasteiger partial charge is 0.497 e. The van der Waals surface area contributed by atoms with Crippen LogP contribution in [-0.4, -0.2) is 24.2 Å². The highest BCUT2D eigenvalue weighted by molar-refractivity contribution is 5.94. The van der Waals surface area contributed by atoms with Gasteiger partial charge in [0, 0.05) is 23.9 Å². The average Bonchev–Trinajstić information content (AvgIpc) is 2.90. The number of carbonyl (C=O) groups excluding carboxylic acids is 1. The van der Waals surface area contributed by atoms with Crippen LogP contribution in [0.25, 0.3) is 22.0 Å². The lowest BCUT2D eigenvalue weighted by molar-refractivity contribution is -0.147. The maximum absolute atomic E-state index is 14.8. The Balaban J connectivity index is 1.65. The molecule has 0 fully saturated rings. The summed E-state index contributed by atoms with van der Waals surface area (Å²) in [6.45, 7) is 7.82. The molecule has 38 heavy (non-hydrogen) atoms. The van der Waals surface area contributed by atoms with Gasteiger partial charge >= 0.3 is 5.97 Å². The van der Waals surface area contributed by atoms with Crippen molar-refractivity contribution in [3.05, 3.63) is 95.4 Å². The third-order valence-electron chi connectivity index (χ3n) is 6.53. The van der Waals surface area contributed by atoms with E-state index in [1.54, 1.807) is 13.2 Å². The number of fused-ring (bicyclic) bond motifs is 1. The molecule has 0 radical (unpaired) electrons. The van der Waals surface area contributed by atoms with E-state index in [2.05, 4.69) is 25.2 Å². The van der Waals surface area contributed by atoms with Crippen molar-refractivity contribution in [1.82, 2.24) is 10.3 Å². The van der Waals surface area contributed by atoms with Crippen molar-refractivity contribution >= 4 is 16.9 Å². The minimum Gasteiger partial charge on any atom is -0.497 e. The molecule has 0 aliphatic carbocycles. The van der Waals surface area contributed by atoms with Gasteiger partial charge in [0.1, 0.15) is 11.6 Å². The van der Waals surface area contributed by atoms with Crippen LogP contribution in [0.3, 0.4) is 0 Å². The zero-order valence-corrected chi connectivity index (χ0v) is 22.6. The smallest absolute Gasteiger partial charge is 0.306 e. The number of methoxy groups -OCH3 is 1. The van der Waals surface area contributed by atoms with E-state index in [-0.39, 0.29) is 36.4 Å². The molecule has 0 saturated carbocycles. The minimum absolute atomic E-state index is 0.0585. The SMILES string of the molecule is COc1cccc([C@@H](C)NC(C)c2cc(-c3cc(F)cc(CCC(=O)OC(C)C)c3)c3ccccc3n2)c1. The van der Waals surface area contributed by atoms with Crippen LogP contribution in [-0.2, 0) is 16.0 Å². The van der Waals surface area contributed by atoms with Crippen LogP contribution < -0.4 is 10.1 Å². The first-order chi connectivity index (χ1) is 18.2. The number of ether oxygens (including phenoxy) is 2. The lowest BCUT2D eigenvalue weighted by Crippen LogP contribution is -2.23. The lowest BCUT2D eigenvalue weighted by Gasteiger charge is -2.22. The van der Waals surface area contributed by atoms with Crippen LogP contribution in [0.2, 0.25) is 0 Å². The Kier molecular flexibility index (Phi) is 8.74. The van der Waals surface area contributed by atoms with Gasteiger partial charge in [0.2, 0.25) is 0 Å². The van der Waals surface area contributed by atoms with Gasteiger partial charge in [0.05, 0.1) is 24.4 Å². The Morgan fingerprint density at radius 2 is 1.74 bits per heavy atom. The van der Waals surface area contributed by atoms with Crippen molar-refractivity contribution in [3.63, 3.8) is 0 Å². The van der Waals surface area contributed by atoms with E-state index in [1.807, 2.05) is 68.4 Å². The van der Waals surface area contributed by atoms with Crippen molar-refractivity contribution in [2.45, 2.75) is 58.7 Å². The average molecular weight is 515 g/mol. The summed E-state index contributed by atoms with van der Waals surface area (Å²) in [5.74, 6) is 0.191. The fourth-order valence-electron chi connectivity index (χ4n) is 4.64. The number of nitrogens with one attached hydrogen (secondary N) is 1. The number of pyridine rings is 1. The summed E-state index contributed by atoms with van der Waals surface area (Å²) in [6, 6.07) is 22.9. The highest BCUT2D eigenvalue weighted by atomic mass is 19.1. The number of carbonyl (C=O) groups is 1. The van der Waals surface area contributed by atoms with Crippen LogP contribution in [0.4, 0.5) is 4.39 Å².